The first-order valence-electron chi connectivity index (χ1n) is 10.5. The molecule has 1 aliphatic rings. The Labute approximate surface area is 204 Å². The zero-order valence-corrected chi connectivity index (χ0v) is 20.3. The molecule has 2 aromatic carbocycles. The maximum Gasteiger partial charge on any atom is 0.241 e. The van der Waals surface area contributed by atoms with Crippen LogP contribution in [0.25, 0.3) is 22.4 Å². The summed E-state index contributed by atoms with van der Waals surface area (Å²) in [6, 6.07) is 9.88. The number of carbonyl (C=O) groups is 1. The molecule has 1 aliphatic heterocycles. The molecule has 1 saturated heterocycles. The third-order valence-corrected chi connectivity index (χ3v) is 7.14. The number of likely N-dealkylation sites (N-methyl/N-ethyl adjacent to an activating group) is 1. The Morgan fingerprint density at radius 2 is 1.85 bits per heavy atom. The van der Waals surface area contributed by atoms with Gasteiger partial charge in [0.15, 0.2) is 0 Å². The number of aromatic nitrogens is 2. The molecule has 0 saturated carbocycles. The second-order valence-corrected chi connectivity index (χ2v) is 9.63. The number of benzene rings is 2. The molecule has 3 N–H and O–H groups in total. The molecule has 1 fully saturated rings. The van der Waals surface area contributed by atoms with Gasteiger partial charge in [0, 0.05) is 24.7 Å². The van der Waals surface area contributed by atoms with Gasteiger partial charge in [-0.05, 0) is 43.0 Å². The summed E-state index contributed by atoms with van der Waals surface area (Å²) >= 11 is 0. The zero-order chi connectivity index (χ0) is 23.6. The highest BCUT2D eigenvalue weighted by Crippen LogP contribution is 2.31. The van der Waals surface area contributed by atoms with Crippen LogP contribution in [0.5, 0.6) is 0 Å². The van der Waals surface area contributed by atoms with Crippen molar-refractivity contribution in [2.75, 3.05) is 19.3 Å². The van der Waals surface area contributed by atoms with Crippen LogP contribution in [0.3, 0.4) is 0 Å². The smallest absolute Gasteiger partial charge is 0.241 e. The number of anilines is 1. The molecule has 0 bridgehead atoms. The summed E-state index contributed by atoms with van der Waals surface area (Å²) in [5.41, 5.74) is 6.78. The molecule has 11 heteroatoms. The fraction of sp³-hybridized carbons (Fsp3) is 0.261. The third kappa shape index (κ3) is 5.37. The highest BCUT2D eigenvalue weighted by Gasteiger charge is 2.30. The normalized spacial score (nSPS) is 16.6. The summed E-state index contributed by atoms with van der Waals surface area (Å²) in [6.45, 7) is 0.595. The van der Waals surface area contributed by atoms with Gasteiger partial charge in [0.1, 0.15) is 17.7 Å². The summed E-state index contributed by atoms with van der Waals surface area (Å²) in [5, 5.41) is 0. The zero-order valence-electron chi connectivity index (χ0n) is 18.5. The quantitative estimate of drug-likeness (QED) is 0.553. The topological polar surface area (TPSA) is 118 Å². The fourth-order valence-corrected chi connectivity index (χ4v) is 5.32. The summed E-state index contributed by atoms with van der Waals surface area (Å²) in [5.74, 6) is -0.610. The molecule has 1 aromatic heterocycles. The second kappa shape index (κ2) is 10.5. The van der Waals surface area contributed by atoms with Gasteiger partial charge in [0.25, 0.3) is 0 Å². The van der Waals surface area contributed by atoms with Crippen molar-refractivity contribution >= 4 is 35.2 Å². The van der Waals surface area contributed by atoms with Crippen molar-refractivity contribution in [2.24, 2.45) is 0 Å². The van der Waals surface area contributed by atoms with Gasteiger partial charge < -0.3 is 10.6 Å². The minimum Gasteiger partial charge on any atom is -0.382 e. The Hall–Kier alpha value is -3.02. The van der Waals surface area contributed by atoms with E-state index in [-0.39, 0.29) is 35.7 Å². The first-order valence-corrected chi connectivity index (χ1v) is 12.0. The number of nitrogens with zero attached hydrogens (tertiary/aromatic N) is 3. The summed E-state index contributed by atoms with van der Waals surface area (Å²) in [4.78, 5) is 22.1. The van der Waals surface area contributed by atoms with Crippen molar-refractivity contribution in [3.8, 4) is 22.4 Å². The highest BCUT2D eigenvalue weighted by molar-refractivity contribution is 7.89. The number of carbonyl (C=O) groups excluding carboxylic acids is 1. The predicted octanol–water partition coefficient (Wildman–Crippen LogP) is 2.93. The summed E-state index contributed by atoms with van der Waals surface area (Å²) in [6.07, 6.45) is 4.70. The molecule has 34 heavy (non-hydrogen) atoms. The van der Waals surface area contributed by atoms with E-state index in [4.69, 9.17) is 5.73 Å². The van der Waals surface area contributed by atoms with E-state index in [0.29, 0.717) is 29.8 Å². The van der Waals surface area contributed by atoms with E-state index in [1.54, 1.807) is 36.2 Å². The van der Waals surface area contributed by atoms with Crippen LogP contribution in [0.15, 0.2) is 59.8 Å². The number of hydrogen-bond acceptors (Lipinski definition) is 6. The van der Waals surface area contributed by atoms with Gasteiger partial charge in [0.05, 0.1) is 23.0 Å². The molecule has 0 unspecified atom stereocenters. The number of halogens is 1. The Kier molecular flexibility index (Phi) is 7.90. The molecular weight excluding hydrogens is 477 g/mol. The number of hydrogen-bond donors (Lipinski definition) is 2. The van der Waals surface area contributed by atoms with E-state index in [1.165, 1.54) is 30.6 Å². The lowest BCUT2D eigenvalue weighted by molar-refractivity contribution is -0.131. The molecule has 1 atom stereocenters. The summed E-state index contributed by atoms with van der Waals surface area (Å²) < 4.78 is 44.0. The van der Waals surface area contributed by atoms with Gasteiger partial charge in [-0.15, -0.1) is 0 Å². The maximum atomic E-state index is 14.9. The van der Waals surface area contributed by atoms with Crippen LogP contribution < -0.4 is 10.5 Å². The predicted molar refractivity (Wildman–Crippen MR) is 133 cm³/mol. The minimum atomic E-state index is -4.05. The number of nitrogens with one attached hydrogen (secondary N) is 1. The van der Waals surface area contributed by atoms with Crippen LogP contribution >= 0.6 is 13.5 Å². The molecule has 0 aliphatic carbocycles. The first-order chi connectivity index (χ1) is 15.8. The van der Waals surface area contributed by atoms with Gasteiger partial charge in [-0.2, -0.15) is 18.2 Å². The van der Waals surface area contributed by atoms with E-state index in [1.807, 2.05) is 0 Å². The largest absolute Gasteiger partial charge is 0.382 e. The summed E-state index contributed by atoms with van der Waals surface area (Å²) in [7, 11) is -2.38. The van der Waals surface area contributed by atoms with Crippen LogP contribution in [0.2, 0.25) is 0 Å². The van der Waals surface area contributed by atoms with Crippen molar-refractivity contribution in [3.05, 3.63) is 60.7 Å². The van der Waals surface area contributed by atoms with Gasteiger partial charge in [-0.25, -0.2) is 17.8 Å². The number of likely N-dealkylation sites (tertiary alicyclic amines) is 1. The van der Waals surface area contributed by atoms with Crippen LogP contribution in [0, 0.1) is 5.82 Å². The maximum absolute atomic E-state index is 14.9. The molecule has 3 aromatic rings. The average Bonchev–Trinajstić information content (AvgIpc) is 2.95. The van der Waals surface area contributed by atoms with Gasteiger partial charge >= 0.3 is 0 Å². The Morgan fingerprint density at radius 3 is 2.56 bits per heavy atom. The molecule has 0 radical (unpaired) electrons. The Morgan fingerprint density at radius 1 is 1.09 bits per heavy atom. The van der Waals surface area contributed by atoms with E-state index >= 15 is 0 Å². The van der Waals surface area contributed by atoms with E-state index in [2.05, 4.69) is 14.7 Å². The van der Waals surface area contributed by atoms with Crippen molar-refractivity contribution in [2.45, 2.75) is 30.2 Å². The molecule has 2 heterocycles. The number of rotatable bonds is 5. The monoisotopic (exact) mass is 503 g/mol. The van der Waals surface area contributed by atoms with Gasteiger partial charge in [-0.1, -0.05) is 24.3 Å². The number of amides is 1. The lowest BCUT2D eigenvalue weighted by Gasteiger charge is -2.21. The van der Waals surface area contributed by atoms with Gasteiger partial charge in [-0.3, -0.25) is 9.78 Å². The molecule has 180 valence electrons. The molecule has 4 rings (SSSR count). The molecule has 0 spiro atoms. The van der Waals surface area contributed by atoms with Crippen LogP contribution in [0.1, 0.15) is 19.3 Å². The van der Waals surface area contributed by atoms with E-state index in [0.717, 1.165) is 12.8 Å². The average molecular weight is 504 g/mol. The van der Waals surface area contributed by atoms with Crippen molar-refractivity contribution < 1.29 is 17.6 Å². The fourth-order valence-electron chi connectivity index (χ4n) is 3.86. The molecule has 8 nitrogen and oxygen atoms in total. The molecular formula is C23H26FN5O3S2. The van der Waals surface area contributed by atoms with Crippen LogP contribution in [-0.2, 0) is 14.8 Å². The van der Waals surface area contributed by atoms with Crippen molar-refractivity contribution in [1.82, 2.24) is 19.6 Å². The second-order valence-electron chi connectivity index (χ2n) is 7.95. The lowest BCUT2D eigenvalue weighted by Crippen LogP contribution is -2.46. The SMILES string of the molecule is CN1CCCC[C@@H](NS(=O)(=O)c2ccccc2-c2ccc(-c3cnc(N)cn3)c(F)c2)C1=O.S. The number of nitrogens with two attached hydrogens (primary N) is 1. The highest BCUT2D eigenvalue weighted by atomic mass is 32.2. The van der Waals surface area contributed by atoms with Gasteiger partial charge in [0.2, 0.25) is 15.9 Å². The number of sulfonamides is 1. The third-order valence-electron chi connectivity index (χ3n) is 5.61. The van der Waals surface area contributed by atoms with Crippen molar-refractivity contribution in [3.63, 3.8) is 0 Å². The Bertz CT molecular complexity index is 1290. The first kappa shape index (κ1) is 25.6. The number of nitrogen functional groups attached to an aromatic ring is 1. The standard InChI is InChI=1S/C23H24FN5O3S.H2S/c1-29-11-5-4-7-19(23(29)30)28-33(31,32)21-8-3-2-6-16(21)15-9-10-17(18(24)12-15)20-13-27-22(25)14-26-20;/h2-3,6,8-10,12-14,19,28H,4-5,7,11H2,1H3,(H2,25,27);1H2/t19-;/m1./s1. The van der Waals surface area contributed by atoms with E-state index < -0.39 is 21.9 Å². The van der Waals surface area contributed by atoms with Crippen molar-refractivity contribution in [1.29, 1.82) is 0 Å². The lowest BCUT2D eigenvalue weighted by atomic mass is 10.0. The van der Waals surface area contributed by atoms with Crippen LogP contribution in [0.4, 0.5) is 10.2 Å². The molecule has 1 amide bonds. The van der Waals surface area contributed by atoms with E-state index in [9.17, 15) is 17.6 Å². The van der Waals surface area contributed by atoms with Crippen LogP contribution in [-0.4, -0.2) is 48.8 Å². The Balaban J connectivity index is 0.00000324. The minimum absolute atomic E-state index is 0.